The molecule has 0 unspecified atom stereocenters. The molecule has 6 nitrogen and oxygen atoms in total. The number of sulfonamides is 1. The van der Waals surface area contributed by atoms with Gasteiger partial charge >= 0.3 is 0 Å². The highest BCUT2D eigenvalue weighted by atomic mass is 35.5. The van der Waals surface area contributed by atoms with E-state index in [1.807, 2.05) is 0 Å². The van der Waals surface area contributed by atoms with E-state index in [4.69, 9.17) is 16.3 Å². The molecule has 134 valence electrons. The minimum absolute atomic E-state index is 0.00955. The number of ether oxygens (including phenoxy) is 1. The number of carbonyl (C=O) groups excluding carboxylic acids is 1. The van der Waals surface area contributed by atoms with Gasteiger partial charge < -0.3 is 10.1 Å². The summed E-state index contributed by atoms with van der Waals surface area (Å²) in [4.78, 5) is 12.4. The number of hydrogen-bond donors (Lipinski definition) is 1. The highest BCUT2D eigenvalue weighted by Crippen LogP contribution is 2.23. The normalized spacial score (nSPS) is 18.1. The van der Waals surface area contributed by atoms with Crippen molar-refractivity contribution < 1.29 is 17.9 Å². The molecule has 0 saturated carbocycles. The largest absolute Gasteiger partial charge is 0.376 e. The number of carbonyl (C=O) groups is 1. The van der Waals surface area contributed by atoms with Crippen LogP contribution in [0.1, 0.15) is 37.0 Å². The lowest BCUT2D eigenvalue weighted by atomic mass is 10.2. The number of benzene rings is 1. The first-order valence-electron chi connectivity index (χ1n) is 8.09. The number of halogens is 1. The summed E-state index contributed by atoms with van der Waals surface area (Å²) in [5.74, 6) is -0.396. The fourth-order valence-electron chi connectivity index (χ4n) is 2.66. The zero-order valence-corrected chi connectivity index (χ0v) is 15.5. The average molecular weight is 375 g/mol. The van der Waals surface area contributed by atoms with Crippen molar-refractivity contribution in [3.05, 3.63) is 28.8 Å². The monoisotopic (exact) mass is 374 g/mol. The van der Waals surface area contributed by atoms with Crippen LogP contribution >= 0.6 is 11.6 Å². The summed E-state index contributed by atoms with van der Waals surface area (Å²) in [6.45, 7) is 5.36. The van der Waals surface area contributed by atoms with Crippen LogP contribution in [-0.4, -0.2) is 51.0 Å². The summed E-state index contributed by atoms with van der Waals surface area (Å²) in [7, 11) is -3.63. The van der Waals surface area contributed by atoms with Gasteiger partial charge in [0.1, 0.15) is 0 Å². The second kappa shape index (κ2) is 8.29. The molecule has 8 heteroatoms. The zero-order chi connectivity index (χ0) is 17.7. The Morgan fingerprint density at radius 3 is 2.67 bits per heavy atom. The predicted molar refractivity (Wildman–Crippen MR) is 92.9 cm³/mol. The van der Waals surface area contributed by atoms with E-state index in [1.54, 1.807) is 13.8 Å². The van der Waals surface area contributed by atoms with E-state index in [0.717, 1.165) is 12.8 Å². The highest BCUT2D eigenvalue weighted by molar-refractivity contribution is 7.89. The van der Waals surface area contributed by atoms with Crippen LogP contribution in [0.25, 0.3) is 0 Å². The molecule has 2 rings (SSSR count). The van der Waals surface area contributed by atoms with Gasteiger partial charge in [-0.1, -0.05) is 25.4 Å². The lowest BCUT2D eigenvalue weighted by Crippen LogP contribution is -2.33. The van der Waals surface area contributed by atoms with Crippen LogP contribution in [0.4, 0.5) is 0 Å². The summed E-state index contributed by atoms with van der Waals surface area (Å²) >= 11 is 6.08. The van der Waals surface area contributed by atoms with Crippen molar-refractivity contribution in [3.63, 3.8) is 0 Å². The van der Waals surface area contributed by atoms with Crippen molar-refractivity contribution in [3.8, 4) is 0 Å². The Balaban J connectivity index is 2.19. The van der Waals surface area contributed by atoms with Crippen molar-refractivity contribution in [2.45, 2.75) is 37.7 Å². The van der Waals surface area contributed by atoms with E-state index < -0.39 is 15.9 Å². The van der Waals surface area contributed by atoms with Crippen molar-refractivity contribution in [1.82, 2.24) is 9.62 Å². The van der Waals surface area contributed by atoms with Crippen LogP contribution in [0.5, 0.6) is 0 Å². The Morgan fingerprint density at radius 2 is 2.08 bits per heavy atom. The van der Waals surface area contributed by atoms with Crippen LogP contribution in [-0.2, 0) is 14.8 Å². The molecule has 1 atom stereocenters. The van der Waals surface area contributed by atoms with Gasteiger partial charge in [0.2, 0.25) is 10.0 Å². The third-order valence-electron chi connectivity index (χ3n) is 4.04. The molecular weight excluding hydrogens is 352 g/mol. The van der Waals surface area contributed by atoms with Crippen molar-refractivity contribution in [1.29, 1.82) is 0 Å². The minimum Gasteiger partial charge on any atom is -0.376 e. The summed E-state index contributed by atoms with van der Waals surface area (Å²) in [5, 5.41) is 2.98. The summed E-state index contributed by atoms with van der Waals surface area (Å²) in [5.41, 5.74) is 0.155. The van der Waals surface area contributed by atoms with Crippen molar-refractivity contribution in [2.24, 2.45) is 0 Å². The Hall–Kier alpha value is -1.15. The quantitative estimate of drug-likeness (QED) is 0.794. The molecule has 1 aromatic carbocycles. The third kappa shape index (κ3) is 4.27. The van der Waals surface area contributed by atoms with E-state index >= 15 is 0 Å². The summed E-state index contributed by atoms with van der Waals surface area (Å²) in [6, 6.07) is 4.20. The van der Waals surface area contributed by atoms with E-state index in [2.05, 4.69) is 5.32 Å². The first kappa shape index (κ1) is 19.2. The maximum absolute atomic E-state index is 12.6. The van der Waals surface area contributed by atoms with Gasteiger partial charge in [-0.3, -0.25) is 4.79 Å². The third-order valence-corrected chi connectivity index (χ3v) is 6.42. The maximum Gasteiger partial charge on any atom is 0.252 e. The number of rotatable bonds is 7. The van der Waals surface area contributed by atoms with Crippen molar-refractivity contribution >= 4 is 27.5 Å². The molecule has 1 saturated heterocycles. The van der Waals surface area contributed by atoms with Gasteiger partial charge in [0.15, 0.2) is 0 Å². The lowest BCUT2D eigenvalue weighted by Gasteiger charge is -2.19. The second-order valence-electron chi connectivity index (χ2n) is 5.58. The molecule has 0 aliphatic carbocycles. The standard InChI is InChI=1S/C16H23ClN2O4S/c1-3-19(4-2)24(21,22)13-7-8-15(17)14(10-13)16(20)18-11-12-6-5-9-23-12/h7-8,10,12H,3-6,9,11H2,1-2H3,(H,18,20)/t12-/m0/s1. The molecule has 0 bridgehead atoms. The molecule has 1 heterocycles. The van der Waals surface area contributed by atoms with E-state index in [0.29, 0.717) is 26.2 Å². The van der Waals surface area contributed by atoms with Gasteiger partial charge in [-0.25, -0.2) is 8.42 Å². The average Bonchev–Trinajstić information content (AvgIpc) is 3.07. The Bertz CT molecular complexity index is 683. The minimum atomic E-state index is -3.63. The highest BCUT2D eigenvalue weighted by Gasteiger charge is 2.24. The van der Waals surface area contributed by atoms with Gasteiger partial charge in [-0.2, -0.15) is 4.31 Å². The van der Waals surface area contributed by atoms with Gasteiger partial charge in [0.25, 0.3) is 5.91 Å². The molecule has 1 aromatic rings. The number of amides is 1. The van der Waals surface area contributed by atoms with E-state index in [-0.39, 0.29) is 21.6 Å². The molecule has 1 aliphatic heterocycles. The van der Waals surface area contributed by atoms with E-state index in [1.165, 1.54) is 22.5 Å². The van der Waals surface area contributed by atoms with Crippen LogP contribution in [0.3, 0.4) is 0 Å². The molecule has 0 radical (unpaired) electrons. The topological polar surface area (TPSA) is 75.7 Å². The molecule has 1 aliphatic rings. The summed E-state index contributed by atoms with van der Waals surface area (Å²) in [6.07, 6.45) is 1.90. The molecule has 1 fully saturated rings. The Labute approximate surface area is 148 Å². The smallest absolute Gasteiger partial charge is 0.252 e. The van der Waals surface area contributed by atoms with Crippen LogP contribution in [0.2, 0.25) is 5.02 Å². The maximum atomic E-state index is 12.6. The summed E-state index contributed by atoms with van der Waals surface area (Å²) < 4.78 is 32.0. The fraction of sp³-hybridized carbons (Fsp3) is 0.562. The van der Waals surface area contributed by atoms with E-state index in [9.17, 15) is 13.2 Å². The van der Waals surface area contributed by atoms with Gasteiger partial charge in [-0.05, 0) is 31.0 Å². The lowest BCUT2D eigenvalue weighted by molar-refractivity contribution is 0.0857. The van der Waals surface area contributed by atoms with Crippen LogP contribution < -0.4 is 5.32 Å². The number of hydrogen-bond acceptors (Lipinski definition) is 4. The van der Waals surface area contributed by atoms with Gasteiger partial charge in [-0.15, -0.1) is 0 Å². The fourth-order valence-corrected chi connectivity index (χ4v) is 4.35. The number of nitrogens with zero attached hydrogens (tertiary/aromatic N) is 1. The molecule has 24 heavy (non-hydrogen) atoms. The molecular formula is C16H23ClN2O4S. The Kier molecular flexibility index (Phi) is 6.62. The molecule has 0 spiro atoms. The Morgan fingerprint density at radius 1 is 1.38 bits per heavy atom. The van der Waals surface area contributed by atoms with Crippen LogP contribution in [0.15, 0.2) is 23.1 Å². The number of nitrogens with one attached hydrogen (secondary N) is 1. The van der Waals surface area contributed by atoms with Gasteiger partial charge in [0, 0.05) is 26.2 Å². The predicted octanol–water partition coefficient (Wildman–Crippen LogP) is 2.28. The molecule has 0 aromatic heterocycles. The van der Waals surface area contributed by atoms with Crippen molar-refractivity contribution in [2.75, 3.05) is 26.2 Å². The first-order chi connectivity index (χ1) is 11.4. The first-order valence-corrected chi connectivity index (χ1v) is 9.91. The second-order valence-corrected chi connectivity index (χ2v) is 7.92. The molecule has 1 amide bonds. The SMILES string of the molecule is CCN(CC)S(=O)(=O)c1ccc(Cl)c(C(=O)NC[C@@H]2CCCO2)c1. The van der Waals surface area contributed by atoms with Crippen LogP contribution in [0, 0.1) is 0 Å². The van der Waals surface area contributed by atoms with Gasteiger partial charge in [0.05, 0.1) is 21.6 Å². The zero-order valence-electron chi connectivity index (χ0n) is 13.9. The molecule has 1 N–H and O–H groups in total.